The number of fused-ring (bicyclic) bond motifs is 1. The maximum atomic E-state index is 11.7. The zero-order chi connectivity index (χ0) is 18.8. The highest BCUT2D eigenvalue weighted by Crippen LogP contribution is 2.35. The van der Waals surface area contributed by atoms with Crippen LogP contribution in [0.25, 0.3) is 22.2 Å². The van der Waals surface area contributed by atoms with Crippen LogP contribution in [0.15, 0.2) is 48.3 Å². The van der Waals surface area contributed by atoms with E-state index in [1.165, 1.54) is 17.2 Å². The molecule has 1 aliphatic heterocycles. The van der Waals surface area contributed by atoms with Crippen LogP contribution in [-0.2, 0) is 4.79 Å². The monoisotopic (exact) mass is 360 g/mol. The Morgan fingerprint density at radius 2 is 2.30 bits per heavy atom. The van der Waals surface area contributed by atoms with Crippen molar-refractivity contribution in [2.75, 3.05) is 6.54 Å². The van der Waals surface area contributed by atoms with Gasteiger partial charge in [-0.2, -0.15) is 0 Å². The van der Waals surface area contributed by atoms with Crippen molar-refractivity contribution in [2.45, 2.75) is 32.2 Å². The molecule has 2 N–H and O–H groups in total. The fraction of sp³-hybridized carbons (Fsp3) is 0.318. The third-order valence-corrected chi connectivity index (χ3v) is 5.22. The lowest BCUT2D eigenvalue weighted by Gasteiger charge is -2.24. The second kappa shape index (κ2) is 7.35. The van der Waals surface area contributed by atoms with Gasteiger partial charge in [0.2, 0.25) is 5.91 Å². The van der Waals surface area contributed by atoms with Crippen molar-refractivity contribution in [1.82, 2.24) is 15.3 Å². The van der Waals surface area contributed by atoms with Gasteiger partial charge in [-0.3, -0.25) is 9.79 Å². The first-order valence-electron chi connectivity index (χ1n) is 9.46. The number of pyridine rings is 1. The first-order valence-corrected chi connectivity index (χ1v) is 9.46. The SMILES string of the molecule is C=CC(=O)NC1CCC=C(c2ccnc3[nH]cc(C4=CC(C)CN=C4)c23)C1. The summed E-state index contributed by atoms with van der Waals surface area (Å²) in [6.07, 6.45) is 14.4. The lowest BCUT2D eigenvalue weighted by atomic mass is 9.87. The van der Waals surface area contributed by atoms with Gasteiger partial charge >= 0.3 is 0 Å². The topological polar surface area (TPSA) is 70.1 Å². The average Bonchev–Trinajstić information content (AvgIpc) is 3.12. The van der Waals surface area contributed by atoms with Gasteiger partial charge in [0.05, 0.1) is 0 Å². The van der Waals surface area contributed by atoms with Crippen molar-refractivity contribution in [2.24, 2.45) is 10.9 Å². The Hall–Kier alpha value is -2.95. The number of carbonyl (C=O) groups is 1. The van der Waals surface area contributed by atoms with E-state index in [-0.39, 0.29) is 11.9 Å². The van der Waals surface area contributed by atoms with Crippen molar-refractivity contribution in [3.63, 3.8) is 0 Å². The summed E-state index contributed by atoms with van der Waals surface area (Å²) in [6.45, 7) is 6.57. The molecule has 2 unspecified atom stereocenters. The number of aromatic amines is 1. The highest BCUT2D eigenvalue weighted by atomic mass is 16.1. The van der Waals surface area contributed by atoms with Crippen LogP contribution in [0, 0.1) is 5.92 Å². The number of amides is 1. The van der Waals surface area contributed by atoms with Crippen LogP contribution >= 0.6 is 0 Å². The second-order valence-electron chi connectivity index (χ2n) is 7.30. The summed E-state index contributed by atoms with van der Waals surface area (Å²) in [5, 5.41) is 4.17. The van der Waals surface area contributed by atoms with E-state index in [2.05, 4.69) is 52.0 Å². The van der Waals surface area contributed by atoms with Gasteiger partial charge in [-0.15, -0.1) is 0 Å². The Labute approximate surface area is 159 Å². The van der Waals surface area contributed by atoms with Gasteiger partial charge in [0, 0.05) is 42.1 Å². The van der Waals surface area contributed by atoms with E-state index in [0.717, 1.165) is 48.0 Å². The number of allylic oxidation sites excluding steroid dienone is 2. The van der Waals surface area contributed by atoms with Crippen molar-refractivity contribution in [1.29, 1.82) is 0 Å². The minimum absolute atomic E-state index is 0.110. The third-order valence-electron chi connectivity index (χ3n) is 5.22. The lowest BCUT2D eigenvalue weighted by molar-refractivity contribution is -0.117. The molecule has 2 aromatic rings. The number of aromatic nitrogens is 2. The molecule has 5 nitrogen and oxygen atoms in total. The second-order valence-corrected chi connectivity index (χ2v) is 7.30. The van der Waals surface area contributed by atoms with Crippen LogP contribution in [0.3, 0.4) is 0 Å². The van der Waals surface area contributed by atoms with E-state index >= 15 is 0 Å². The van der Waals surface area contributed by atoms with Gasteiger partial charge in [-0.25, -0.2) is 4.98 Å². The number of H-pyrrole nitrogens is 1. The number of dihydropyridines is 1. The van der Waals surface area contributed by atoms with Crippen LogP contribution in [0.4, 0.5) is 0 Å². The van der Waals surface area contributed by atoms with Crippen LogP contribution in [-0.4, -0.2) is 34.7 Å². The minimum Gasteiger partial charge on any atom is -0.349 e. The predicted octanol–water partition coefficient (Wildman–Crippen LogP) is 3.90. The zero-order valence-electron chi connectivity index (χ0n) is 15.5. The fourth-order valence-corrected chi connectivity index (χ4v) is 3.94. The molecule has 27 heavy (non-hydrogen) atoms. The standard InChI is InChI=1S/C22H24N4O/c1-3-20(27)26-17-6-4-5-15(10-17)18-7-8-24-22-21(18)19(13-25-22)16-9-14(2)11-23-12-16/h3,5,7-9,12-14,17H,1,4,6,10-11H2,2H3,(H,24,25)(H,26,27). The molecule has 0 bridgehead atoms. The smallest absolute Gasteiger partial charge is 0.243 e. The number of hydrogen-bond acceptors (Lipinski definition) is 3. The van der Waals surface area contributed by atoms with E-state index in [1.807, 2.05) is 18.6 Å². The Morgan fingerprint density at radius 1 is 1.41 bits per heavy atom. The van der Waals surface area contributed by atoms with E-state index < -0.39 is 0 Å². The van der Waals surface area contributed by atoms with Gasteiger partial charge in [0.1, 0.15) is 5.65 Å². The molecular weight excluding hydrogens is 336 g/mol. The summed E-state index contributed by atoms with van der Waals surface area (Å²) < 4.78 is 0. The molecule has 0 spiro atoms. The molecule has 1 aliphatic carbocycles. The molecule has 0 aromatic carbocycles. The van der Waals surface area contributed by atoms with E-state index in [0.29, 0.717) is 5.92 Å². The minimum atomic E-state index is -0.110. The van der Waals surface area contributed by atoms with E-state index in [1.54, 1.807) is 0 Å². The van der Waals surface area contributed by atoms with Gasteiger partial charge in [-0.1, -0.05) is 25.7 Å². The lowest BCUT2D eigenvalue weighted by Crippen LogP contribution is -2.34. The molecule has 0 saturated heterocycles. The summed E-state index contributed by atoms with van der Waals surface area (Å²) in [6, 6.07) is 2.21. The van der Waals surface area contributed by atoms with E-state index in [9.17, 15) is 4.79 Å². The number of aliphatic imine (C=N–C) groups is 1. The largest absolute Gasteiger partial charge is 0.349 e. The highest BCUT2D eigenvalue weighted by Gasteiger charge is 2.21. The molecule has 0 saturated carbocycles. The average molecular weight is 360 g/mol. The number of nitrogens with zero attached hydrogens (tertiary/aromatic N) is 2. The molecule has 0 fully saturated rings. The maximum Gasteiger partial charge on any atom is 0.243 e. The summed E-state index contributed by atoms with van der Waals surface area (Å²) in [5.41, 5.74) is 5.60. The molecular formula is C22H24N4O. The Morgan fingerprint density at radius 3 is 3.11 bits per heavy atom. The molecule has 0 radical (unpaired) electrons. The van der Waals surface area contributed by atoms with Crippen molar-refractivity contribution in [3.05, 3.63) is 54.4 Å². The quantitative estimate of drug-likeness (QED) is 0.812. The van der Waals surface area contributed by atoms with Crippen molar-refractivity contribution in [3.8, 4) is 0 Å². The molecule has 3 heterocycles. The Balaban J connectivity index is 1.73. The zero-order valence-corrected chi connectivity index (χ0v) is 15.5. The third kappa shape index (κ3) is 3.50. The summed E-state index contributed by atoms with van der Waals surface area (Å²) in [7, 11) is 0. The molecule has 2 aliphatic rings. The van der Waals surface area contributed by atoms with Gasteiger partial charge in [0.15, 0.2) is 0 Å². The molecule has 138 valence electrons. The van der Waals surface area contributed by atoms with E-state index in [4.69, 9.17) is 0 Å². The Bertz CT molecular complexity index is 979. The number of nitrogens with one attached hydrogen (secondary N) is 2. The first-order chi connectivity index (χ1) is 13.2. The maximum absolute atomic E-state index is 11.7. The van der Waals surface area contributed by atoms with Crippen LogP contribution < -0.4 is 5.32 Å². The van der Waals surface area contributed by atoms with Crippen LogP contribution in [0.2, 0.25) is 0 Å². The number of hydrogen-bond donors (Lipinski definition) is 2. The van der Waals surface area contributed by atoms with Gasteiger partial charge < -0.3 is 10.3 Å². The molecule has 1 amide bonds. The van der Waals surface area contributed by atoms with Crippen LogP contribution in [0.1, 0.15) is 37.3 Å². The number of carbonyl (C=O) groups excluding carboxylic acids is 1. The van der Waals surface area contributed by atoms with Gasteiger partial charge in [0.25, 0.3) is 0 Å². The number of rotatable bonds is 4. The molecule has 2 atom stereocenters. The van der Waals surface area contributed by atoms with Crippen molar-refractivity contribution >= 4 is 34.3 Å². The molecule has 5 heteroatoms. The summed E-state index contributed by atoms with van der Waals surface area (Å²) in [5.74, 6) is 0.323. The predicted molar refractivity (Wildman–Crippen MR) is 111 cm³/mol. The van der Waals surface area contributed by atoms with Crippen molar-refractivity contribution < 1.29 is 4.79 Å². The van der Waals surface area contributed by atoms with Gasteiger partial charge in [-0.05, 0) is 54.0 Å². The Kier molecular flexibility index (Phi) is 4.75. The first kappa shape index (κ1) is 17.5. The highest BCUT2D eigenvalue weighted by molar-refractivity contribution is 6.16. The van der Waals surface area contributed by atoms with Crippen LogP contribution in [0.5, 0.6) is 0 Å². The summed E-state index contributed by atoms with van der Waals surface area (Å²) >= 11 is 0. The molecule has 4 rings (SSSR count). The molecule has 2 aromatic heterocycles. The fourth-order valence-electron chi connectivity index (χ4n) is 3.94. The normalized spacial score (nSPS) is 22.3. The summed E-state index contributed by atoms with van der Waals surface area (Å²) in [4.78, 5) is 24.0.